The molecular weight excluding hydrogens is 266 g/mol. The van der Waals surface area contributed by atoms with E-state index in [1.807, 2.05) is 18.2 Å². The highest BCUT2D eigenvalue weighted by Crippen LogP contribution is 2.36. The minimum absolute atomic E-state index is 0.00693. The Labute approximate surface area is 113 Å². The number of hydrogen-bond acceptors (Lipinski definition) is 5. The van der Waals surface area contributed by atoms with E-state index in [1.165, 1.54) is 7.11 Å². The SMILES string of the molecule is COCCS(=O)(=O)C1Cc2ccc(OC)cc2C1N. The second-order valence-electron chi connectivity index (χ2n) is 4.69. The molecule has 1 aromatic carbocycles. The summed E-state index contributed by atoms with van der Waals surface area (Å²) in [5, 5.41) is -0.565. The number of methoxy groups -OCH3 is 2. The Bertz CT molecular complexity index is 556. The first kappa shape index (κ1) is 14.3. The highest BCUT2D eigenvalue weighted by atomic mass is 32.2. The standard InChI is InChI=1S/C13H19NO4S/c1-17-5-6-19(15,16)12-7-9-3-4-10(18-2)8-11(9)13(12)14/h3-4,8,12-13H,5-7,14H2,1-2H3. The molecule has 19 heavy (non-hydrogen) atoms. The van der Waals surface area contributed by atoms with Gasteiger partial charge in [-0.25, -0.2) is 8.42 Å². The van der Waals surface area contributed by atoms with Crippen LogP contribution in [0.3, 0.4) is 0 Å². The van der Waals surface area contributed by atoms with Crippen LogP contribution < -0.4 is 10.5 Å². The molecule has 6 heteroatoms. The maximum atomic E-state index is 12.2. The summed E-state index contributed by atoms with van der Waals surface area (Å²) < 4.78 is 34.5. The summed E-state index contributed by atoms with van der Waals surface area (Å²) in [7, 11) is -0.181. The molecule has 0 saturated heterocycles. The van der Waals surface area contributed by atoms with Crippen LogP contribution in [0.15, 0.2) is 18.2 Å². The van der Waals surface area contributed by atoms with Crippen molar-refractivity contribution in [3.05, 3.63) is 29.3 Å². The molecule has 2 atom stereocenters. The van der Waals surface area contributed by atoms with Gasteiger partial charge in [0.2, 0.25) is 0 Å². The van der Waals surface area contributed by atoms with E-state index in [-0.39, 0.29) is 12.4 Å². The summed E-state index contributed by atoms with van der Waals surface area (Å²) >= 11 is 0. The molecule has 2 N–H and O–H groups in total. The monoisotopic (exact) mass is 285 g/mol. The van der Waals surface area contributed by atoms with Crippen molar-refractivity contribution < 1.29 is 17.9 Å². The van der Waals surface area contributed by atoms with E-state index in [4.69, 9.17) is 15.2 Å². The fourth-order valence-corrected chi connectivity index (χ4v) is 4.17. The van der Waals surface area contributed by atoms with E-state index >= 15 is 0 Å². The second-order valence-corrected chi connectivity index (χ2v) is 7.03. The quantitative estimate of drug-likeness (QED) is 0.860. The summed E-state index contributed by atoms with van der Waals surface area (Å²) in [5.41, 5.74) is 7.95. The zero-order chi connectivity index (χ0) is 14.0. The highest BCUT2D eigenvalue weighted by molar-refractivity contribution is 7.92. The van der Waals surface area contributed by atoms with Crippen LogP contribution in [0, 0.1) is 0 Å². The maximum absolute atomic E-state index is 12.2. The minimum Gasteiger partial charge on any atom is -0.497 e. The molecule has 0 spiro atoms. The average molecular weight is 285 g/mol. The Kier molecular flexibility index (Phi) is 4.13. The molecule has 1 aromatic rings. The Hall–Kier alpha value is -1.11. The summed E-state index contributed by atoms with van der Waals surface area (Å²) in [6.07, 6.45) is 0.465. The summed E-state index contributed by atoms with van der Waals surface area (Å²) in [6.45, 7) is 0.200. The third-order valence-corrected chi connectivity index (χ3v) is 5.69. The Balaban J connectivity index is 2.25. The van der Waals surface area contributed by atoms with Crippen molar-refractivity contribution in [1.82, 2.24) is 0 Å². The van der Waals surface area contributed by atoms with Crippen LogP contribution in [0.1, 0.15) is 17.2 Å². The molecule has 5 nitrogen and oxygen atoms in total. The molecule has 0 radical (unpaired) electrons. The molecule has 0 saturated carbocycles. The van der Waals surface area contributed by atoms with Crippen molar-refractivity contribution in [2.45, 2.75) is 17.7 Å². The molecule has 0 bridgehead atoms. The number of sulfone groups is 1. The van der Waals surface area contributed by atoms with Gasteiger partial charge in [-0.2, -0.15) is 0 Å². The Morgan fingerprint density at radius 1 is 1.37 bits per heavy atom. The average Bonchev–Trinajstić information content (AvgIpc) is 2.74. The van der Waals surface area contributed by atoms with Gasteiger partial charge in [0.15, 0.2) is 9.84 Å². The number of hydrogen-bond donors (Lipinski definition) is 1. The van der Waals surface area contributed by atoms with Gasteiger partial charge in [-0.3, -0.25) is 0 Å². The molecular formula is C13H19NO4S. The van der Waals surface area contributed by atoms with E-state index in [1.54, 1.807) is 7.11 Å². The highest BCUT2D eigenvalue weighted by Gasteiger charge is 2.38. The van der Waals surface area contributed by atoms with E-state index in [2.05, 4.69) is 0 Å². The molecule has 2 unspecified atom stereocenters. The van der Waals surface area contributed by atoms with Crippen LogP contribution in [0.2, 0.25) is 0 Å². The fourth-order valence-electron chi connectivity index (χ4n) is 2.44. The first-order chi connectivity index (χ1) is 8.99. The van der Waals surface area contributed by atoms with Crippen molar-refractivity contribution >= 4 is 9.84 Å². The van der Waals surface area contributed by atoms with Crippen LogP contribution in [0.4, 0.5) is 0 Å². The van der Waals surface area contributed by atoms with Crippen molar-refractivity contribution in [1.29, 1.82) is 0 Å². The third kappa shape index (κ3) is 2.75. The lowest BCUT2D eigenvalue weighted by Crippen LogP contribution is -2.33. The number of nitrogens with two attached hydrogens (primary N) is 1. The predicted molar refractivity (Wildman–Crippen MR) is 73.1 cm³/mol. The van der Waals surface area contributed by atoms with Crippen molar-refractivity contribution in [3.63, 3.8) is 0 Å². The normalized spacial score (nSPS) is 22.3. The van der Waals surface area contributed by atoms with Gasteiger partial charge in [-0.05, 0) is 29.7 Å². The van der Waals surface area contributed by atoms with Crippen LogP contribution in [0.5, 0.6) is 5.75 Å². The van der Waals surface area contributed by atoms with Crippen LogP contribution >= 0.6 is 0 Å². The lowest BCUT2D eigenvalue weighted by Gasteiger charge is -2.16. The molecule has 0 amide bonds. The van der Waals surface area contributed by atoms with Gasteiger partial charge in [-0.1, -0.05) is 6.07 Å². The minimum atomic E-state index is -3.25. The molecule has 0 heterocycles. The predicted octanol–water partition coefficient (Wildman–Crippen LogP) is 0.681. The Morgan fingerprint density at radius 3 is 2.74 bits per heavy atom. The smallest absolute Gasteiger partial charge is 0.157 e. The van der Waals surface area contributed by atoms with Crippen molar-refractivity contribution in [2.75, 3.05) is 26.6 Å². The lowest BCUT2D eigenvalue weighted by atomic mass is 10.1. The van der Waals surface area contributed by atoms with Gasteiger partial charge in [0.1, 0.15) is 5.75 Å². The van der Waals surface area contributed by atoms with Gasteiger partial charge in [0.05, 0.1) is 24.7 Å². The first-order valence-electron chi connectivity index (χ1n) is 6.12. The summed E-state index contributed by atoms with van der Waals surface area (Å²) in [5.74, 6) is 0.705. The largest absolute Gasteiger partial charge is 0.497 e. The summed E-state index contributed by atoms with van der Waals surface area (Å²) in [4.78, 5) is 0. The Morgan fingerprint density at radius 2 is 2.11 bits per heavy atom. The number of rotatable bonds is 5. The molecule has 0 aliphatic heterocycles. The topological polar surface area (TPSA) is 78.6 Å². The van der Waals surface area contributed by atoms with Crippen LogP contribution in [-0.4, -0.2) is 40.2 Å². The molecule has 0 aromatic heterocycles. The second kappa shape index (κ2) is 5.48. The van der Waals surface area contributed by atoms with Gasteiger partial charge < -0.3 is 15.2 Å². The molecule has 2 rings (SSSR count). The van der Waals surface area contributed by atoms with E-state index < -0.39 is 21.1 Å². The van der Waals surface area contributed by atoms with Gasteiger partial charge in [0, 0.05) is 13.2 Å². The molecule has 1 aliphatic carbocycles. The van der Waals surface area contributed by atoms with E-state index in [9.17, 15) is 8.42 Å². The lowest BCUT2D eigenvalue weighted by molar-refractivity contribution is 0.217. The number of ether oxygens (including phenoxy) is 2. The fraction of sp³-hybridized carbons (Fsp3) is 0.538. The zero-order valence-corrected chi connectivity index (χ0v) is 11.9. The van der Waals surface area contributed by atoms with Gasteiger partial charge in [0.25, 0.3) is 0 Å². The molecule has 0 fully saturated rings. The van der Waals surface area contributed by atoms with Gasteiger partial charge in [-0.15, -0.1) is 0 Å². The van der Waals surface area contributed by atoms with Crippen molar-refractivity contribution in [3.8, 4) is 5.75 Å². The third-order valence-electron chi connectivity index (χ3n) is 3.57. The van der Waals surface area contributed by atoms with E-state index in [0.29, 0.717) is 12.2 Å². The first-order valence-corrected chi connectivity index (χ1v) is 7.84. The van der Waals surface area contributed by atoms with Crippen molar-refractivity contribution in [2.24, 2.45) is 5.73 Å². The number of fused-ring (bicyclic) bond motifs is 1. The summed E-state index contributed by atoms with van der Waals surface area (Å²) in [6, 6.07) is 5.05. The zero-order valence-electron chi connectivity index (χ0n) is 11.1. The molecule has 1 aliphatic rings. The van der Waals surface area contributed by atoms with E-state index in [0.717, 1.165) is 11.1 Å². The maximum Gasteiger partial charge on any atom is 0.157 e. The molecule has 106 valence electrons. The van der Waals surface area contributed by atoms with Crippen LogP contribution in [-0.2, 0) is 21.0 Å². The van der Waals surface area contributed by atoms with Crippen LogP contribution in [0.25, 0.3) is 0 Å². The van der Waals surface area contributed by atoms with Gasteiger partial charge >= 0.3 is 0 Å². The number of benzene rings is 1.